The zero-order valence-electron chi connectivity index (χ0n) is 12.7. The molecule has 0 unspecified atom stereocenters. The summed E-state index contributed by atoms with van der Waals surface area (Å²) in [5.41, 5.74) is 0.924. The molecule has 0 radical (unpaired) electrons. The van der Waals surface area contributed by atoms with E-state index in [1.165, 1.54) is 6.20 Å². The van der Waals surface area contributed by atoms with Crippen molar-refractivity contribution in [2.24, 2.45) is 0 Å². The van der Waals surface area contributed by atoms with Gasteiger partial charge < -0.3 is 15.1 Å². The van der Waals surface area contributed by atoms with Gasteiger partial charge in [-0.05, 0) is 32.5 Å². The minimum absolute atomic E-state index is 0.270. The first-order valence-corrected chi connectivity index (χ1v) is 7.40. The first-order chi connectivity index (χ1) is 9.65. The summed E-state index contributed by atoms with van der Waals surface area (Å²) in [6.07, 6.45) is 3.59. The van der Waals surface area contributed by atoms with E-state index >= 15 is 0 Å². The number of nitrogens with zero attached hydrogens (tertiary/aromatic N) is 3. The Kier molecular flexibility index (Phi) is 5.31. The highest BCUT2D eigenvalue weighted by atomic mass is 19.1. The molecule has 4 nitrogen and oxygen atoms in total. The molecule has 0 saturated carbocycles. The third-order valence-electron chi connectivity index (χ3n) is 4.16. The molecule has 2 heterocycles. The number of likely N-dealkylation sites (tertiary alicyclic amines) is 1. The van der Waals surface area contributed by atoms with Crippen LogP contribution in [-0.4, -0.2) is 49.7 Å². The molecule has 1 aromatic rings. The molecule has 0 spiro atoms. The zero-order chi connectivity index (χ0) is 14.5. The fourth-order valence-electron chi connectivity index (χ4n) is 2.91. The van der Waals surface area contributed by atoms with Gasteiger partial charge in [0.2, 0.25) is 0 Å². The number of pyridine rings is 1. The molecule has 0 amide bonds. The summed E-state index contributed by atoms with van der Waals surface area (Å²) in [6, 6.07) is 2.07. The molecule has 112 valence electrons. The maximum atomic E-state index is 13.4. The Bertz CT molecular complexity index is 430. The number of piperidine rings is 1. The van der Waals surface area contributed by atoms with E-state index in [4.69, 9.17) is 0 Å². The van der Waals surface area contributed by atoms with Crippen LogP contribution in [0.25, 0.3) is 0 Å². The number of hydrogen-bond donors (Lipinski definition) is 1. The maximum absolute atomic E-state index is 13.4. The fourth-order valence-corrected chi connectivity index (χ4v) is 2.91. The van der Waals surface area contributed by atoms with Gasteiger partial charge in [0.1, 0.15) is 11.6 Å². The van der Waals surface area contributed by atoms with Crippen molar-refractivity contribution in [3.63, 3.8) is 0 Å². The van der Waals surface area contributed by atoms with Gasteiger partial charge in [-0.3, -0.25) is 0 Å². The molecule has 1 aromatic heterocycles. The van der Waals surface area contributed by atoms with E-state index in [1.54, 1.807) is 6.07 Å². The first kappa shape index (κ1) is 15.2. The zero-order valence-corrected chi connectivity index (χ0v) is 12.7. The van der Waals surface area contributed by atoms with Gasteiger partial charge >= 0.3 is 0 Å². The van der Waals surface area contributed by atoms with Crippen LogP contribution in [0.4, 0.5) is 10.2 Å². The molecular weight excluding hydrogens is 255 g/mol. The monoisotopic (exact) mass is 280 g/mol. The van der Waals surface area contributed by atoms with Crippen LogP contribution in [0.5, 0.6) is 0 Å². The van der Waals surface area contributed by atoms with E-state index in [0.717, 1.165) is 43.9 Å². The number of anilines is 1. The van der Waals surface area contributed by atoms with E-state index in [0.29, 0.717) is 12.6 Å². The van der Waals surface area contributed by atoms with Gasteiger partial charge in [-0.15, -0.1) is 0 Å². The number of rotatable bonds is 5. The molecule has 1 aliphatic rings. The summed E-state index contributed by atoms with van der Waals surface area (Å²) in [6.45, 7) is 6.23. The van der Waals surface area contributed by atoms with Crippen LogP contribution in [0.2, 0.25) is 0 Å². The summed E-state index contributed by atoms with van der Waals surface area (Å²) in [5, 5.41) is 3.08. The summed E-state index contributed by atoms with van der Waals surface area (Å²) in [5.74, 6) is 0.629. The molecule has 1 fully saturated rings. The third kappa shape index (κ3) is 3.46. The van der Waals surface area contributed by atoms with E-state index in [-0.39, 0.29) is 5.82 Å². The van der Waals surface area contributed by atoms with Crippen molar-refractivity contribution in [1.82, 2.24) is 15.2 Å². The minimum Gasteiger partial charge on any atom is -0.356 e. The highest BCUT2D eigenvalue weighted by molar-refractivity contribution is 5.47. The molecule has 1 aliphatic heterocycles. The lowest BCUT2D eigenvalue weighted by Crippen LogP contribution is -2.44. The van der Waals surface area contributed by atoms with E-state index in [1.807, 2.05) is 7.05 Å². The number of hydrogen-bond acceptors (Lipinski definition) is 4. The maximum Gasteiger partial charge on any atom is 0.141 e. The number of nitrogens with one attached hydrogen (secondary N) is 1. The molecular formula is C15H25FN4. The van der Waals surface area contributed by atoms with E-state index in [9.17, 15) is 4.39 Å². The lowest BCUT2D eigenvalue weighted by Gasteiger charge is -2.37. The van der Waals surface area contributed by atoms with Gasteiger partial charge in [-0.1, -0.05) is 6.92 Å². The largest absolute Gasteiger partial charge is 0.356 e. The van der Waals surface area contributed by atoms with Gasteiger partial charge in [0.05, 0.1) is 6.20 Å². The quantitative estimate of drug-likeness (QED) is 0.892. The van der Waals surface area contributed by atoms with Crippen molar-refractivity contribution >= 4 is 5.82 Å². The van der Waals surface area contributed by atoms with Crippen LogP contribution >= 0.6 is 0 Å². The van der Waals surface area contributed by atoms with Crippen LogP contribution in [0.15, 0.2) is 12.3 Å². The van der Waals surface area contributed by atoms with Crippen molar-refractivity contribution in [3.8, 4) is 0 Å². The van der Waals surface area contributed by atoms with Gasteiger partial charge in [-0.2, -0.15) is 0 Å². The van der Waals surface area contributed by atoms with Gasteiger partial charge in [0, 0.05) is 38.3 Å². The average molecular weight is 280 g/mol. The molecule has 0 aliphatic carbocycles. The smallest absolute Gasteiger partial charge is 0.141 e. The van der Waals surface area contributed by atoms with Crippen molar-refractivity contribution in [1.29, 1.82) is 0 Å². The number of aromatic nitrogens is 1. The van der Waals surface area contributed by atoms with Crippen molar-refractivity contribution in [2.75, 3.05) is 38.6 Å². The Labute approximate surface area is 121 Å². The number of halogens is 1. The van der Waals surface area contributed by atoms with Gasteiger partial charge in [0.25, 0.3) is 0 Å². The van der Waals surface area contributed by atoms with Crippen molar-refractivity contribution in [3.05, 3.63) is 23.6 Å². The minimum atomic E-state index is -0.270. The van der Waals surface area contributed by atoms with Crippen LogP contribution in [0.3, 0.4) is 0 Å². The van der Waals surface area contributed by atoms with Crippen LogP contribution in [0, 0.1) is 5.82 Å². The summed E-state index contributed by atoms with van der Waals surface area (Å²) in [7, 11) is 3.94. The van der Waals surface area contributed by atoms with Gasteiger partial charge in [-0.25, -0.2) is 9.37 Å². The Morgan fingerprint density at radius 2 is 2.15 bits per heavy atom. The highest BCUT2D eigenvalue weighted by Crippen LogP contribution is 2.24. The Morgan fingerprint density at radius 3 is 2.75 bits per heavy atom. The normalized spacial score (nSPS) is 17.4. The Hall–Kier alpha value is -1.20. The molecule has 0 aromatic carbocycles. The summed E-state index contributed by atoms with van der Waals surface area (Å²) < 4.78 is 13.4. The van der Waals surface area contributed by atoms with E-state index in [2.05, 4.69) is 34.1 Å². The molecule has 0 bridgehead atoms. The molecule has 0 atom stereocenters. The second-order valence-electron chi connectivity index (χ2n) is 5.44. The summed E-state index contributed by atoms with van der Waals surface area (Å²) in [4.78, 5) is 9.00. The molecule has 5 heteroatoms. The molecule has 2 rings (SSSR count). The molecule has 20 heavy (non-hydrogen) atoms. The lowest BCUT2D eigenvalue weighted by atomic mass is 10.0. The van der Waals surface area contributed by atoms with Crippen molar-refractivity contribution in [2.45, 2.75) is 32.4 Å². The Morgan fingerprint density at radius 1 is 1.45 bits per heavy atom. The van der Waals surface area contributed by atoms with Gasteiger partial charge in [0.15, 0.2) is 0 Å². The van der Waals surface area contributed by atoms with Crippen molar-refractivity contribution < 1.29 is 4.39 Å². The second kappa shape index (κ2) is 6.99. The lowest BCUT2D eigenvalue weighted by molar-refractivity contribution is 0.220. The first-order valence-electron chi connectivity index (χ1n) is 7.40. The SMILES string of the molecule is CCN1CCC(N(C)c2ncc(F)cc2CNC)CC1. The summed E-state index contributed by atoms with van der Waals surface area (Å²) >= 11 is 0. The third-order valence-corrected chi connectivity index (χ3v) is 4.16. The standard InChI is InChI=1S/C15H25FN4/c1-4-20-7-5-14(6-8-20)19(3)15-12(10-17-2)9-13(16)11-18-15/h9,11,14,17H,4-8,10H2,1-3H3. The second-order valence-corrected chi connectivity index (χ2v) is 5.44. The predicted molar refractivity (Wildman–Crippen MR) is 80.5 cm³/mol. The van der Waals surface area contributed by atoms with Crippen LogP contribution in [-0.2, 0) is 6.54 Å². The predicted octanol–water partition coefficient (Wildman–Crippen LogP) is 1.86. The molecule has 1 saturated heterocycles. The average Bonchev–Trinajstić information content (AvgIpc) is 2.47. The van der Waals surface area contributed by atoms with Crippen LogP contribution < -0.4 is 10.2 Å². The highest BCUT2D eigenvalue weighted by Gasteiger charge is 2.23. The fraction of sp³-hybridized carbons (Fsp3) is 0.667. The van der Waals surface area contributed by atoms with E-state index < -0.39 is 0 Å². The van der Waals surface area contributed by atoms with Crippen LogP contribution in [0.1, 0.15) is 25.3 Å². The topological polar surface area (TPSA) is 31.4 Å². The Balaban J connectivity index is 2.10. The molecule has 1 N–H and O–H groups in total.